The van der Waals surface area contributed by atoms with Crippen molar-refractivity contribution in [2.45, 2.75) is 12.8 Å². The Morgan fingerprint density at radius 1 is 1.46 bits per heavy atom. The molecule has 4 nitrogen and oxygen atoms in total. The van der Waals surface area contributed by atoms with Gasteiger partial charge in [-0.05, 0) is 18.8 Å². The average molecular weight is 207 g/mol. The lowest BCUT2D eigenvalue weighted by atomic mass is 10.00. The van der Waals surface area contributed by atoms with Gasteiger partial charge in [0.2, 0.25) is 0 Å². The van der Waals surface area contributed by atoms with E-state index in [-0.39, 0.29) is 18.3 Å². The van der Waals surface area contributed by atoms with E-state index in [0.29, 0.717) is 5.92 Å². The van der Waals surface area contributed by atoms with Crippen LogP contribution in [0, 0.1) is 5.92 Å². The van der Waals surface area contributed by atoms with Crippen LogP contribution in [0.3, 0.4) is 0 Å². The van der Waals surface area contributed by atoms with Crippen molar-refractivity contribution in [3.05, 3.63) is 12.2 Å². The maximum Gasteiger partial charge on any atom is 0.257 e. The van der Waals surface area contributed by atoms with Crippen molar-refractivity contribution < 1.29 is 9.53 Å². The molecule has 0 aliphatic carbocycles. The monoisotopic (exact) mass is 206 g/mol. The number of halogens is 1. The molecule has 76 valence electrons. The molecule has 1 aliphatic rings. The summed E-state index contributed by atoms with van der Waals surface area (Å²) in [6, 6.07) is 0. The van der Waals surface area contributed by atoms with Gasteiger partial charge in [0.25, 0.3) is 5.91 Å². The third-order valence-electron chi connectivity index (χ3n) is 1.93. The van der Waals surface area contributed by atoms with Crippen molar-refractivity contribution >= 4 is 18.3 Å². The van der Waals surface area contributed by atoms with Gasteiger partial charge in [-0.1, -0.05) is 6.08 Å². The first kappa shape index (κ1) is 12.4. The fourth-order valence-corrected chi connectivity index (χ4v) is 1.18. The number of carbonyl (C=O) groups excluding carboxylic acids is 1. The van der Waals surface area contributed by atoms with Crippen LogP contribution >= 0.6 is 12.4 Å². The lowest BCUT2D eigenvalue weighted by Gasteiger charge is -2.18. The zero-order valence-corrected chi connectivity index (χ0v) is 8.18. The van der Waals surface area contributed by atoms with E-state index in [0.717, 1.165) is 26.1 Å². The number of rotatable bonds is 2. The average Bonchev–Trinajstić information content (AvgIpc) is 2.16. The highest BCUT2D eigenvalue weighted by molar-refractivity contribution is 5.86. The van der Waals surface area contributed by atoms with Gasteiger partial charge >= 0.3 is 0 Å². The van der Waals surface area contributed by atoms with Gasteiger partial charge in [0.05, 0.1) is 0 Å². The number of nitrogens with two attached hydrogens (primary N) is 1. The van der Waals surface area contributed by atoms with Crippen LogP contribution in [0.25, 0.3) is 0 Å². The summed E-state index contributed by atoms with van der Waals surface area (Å²) in [4.78, 5) is 10.7. The van der Waals surface area contributed by atoms with Crippen LogP contribution in [-0.2, 0) is 9.53 Å². The minimum Gasteiger partial charge on any atom is -0.381 e. The molecule has 1 fully saturated rings. The van der Waals surface area contributed by atoms with E-state index in [1.165, 1.54) is 6.08 Å². The predicted octanol–water partition coefficient (Wildman–Crippen LogP) is 0.381. The van der Waals surface area contributed by atoms with Gasteiger partial charge in [-0.3, -0.25) is 10.2 Å². The smallest absolute Gasteiger partial charge is 0.257 e. The molecule has 0 unspecified atom stereocenters. The molecule has 13 heavy (non-hydrogen) atoms. The Morgan fingerprint density at radius 2 is 2.08 bits per heavy atom. The molecule has 0 radical (unpaired) electrons. The van der Waals surface area contributed by atoms with E-state index in [2.05, 4.69) is 0 Å². The topological polar surface area (TPSA) is 64.3 Å². The number of hydrogen-bond acceptors (Lipinski definition) is 3. The lowest BCUT2D eigenvalue weighted by molar-refractivity contribution is -0.116. The van der Waals surface area contributed by atoms with Gasteiger partial charge in [0, 0.05) is 19.3 Å². The Kier molecular flexibility index (Phi) is 6.58. The summed E-state index contributed by atoms with van der Waals surface area (Å²) in [5.74, 6) is 5.13. The summed E-state index contributed by atoms with van der Waals surface area (Å²) in [6.07, 6.45) is 5.36. The molecule has 1 amide bonds. The molecular formula is C8H15ClN2O2. The first-order valence-corrected chi connectivity index (χ1v) is 4.09. The molecule has 0 aromatic rings. The van der Waals surface area contributed by atoms with E-state index in [1.54, 1.807) is 0 Å². The Labute approximate surface area is 83.9 Å². The summed E-state index contributed by atoms with van der Waals surface area (Å²) in [5.41, 5.74) is 2.05. The van der Waals surface area contributed by atoms with Crippen molar-refractivity contribution in [1.82, 2.24) is 5.43 Å². The second kappa shape index (κ2) is 6.88. The summed E-state index contributed by atoms with van der Waals surface area (Å²) < 4.78 is 5.17. The van der Waals surface area contributed by atoms with Crippen LogP contribution in [0.2, 0.25) is 0 Å². The van der Waals surface area contributed by atoms with Crippen molar-refractivity contribution in [2.75, 3.05) is 13.2 Å². The number of carbonyl (C=O) groups is 1. The number of nitrogens with one attached hydrogen (secondary N) is 1. The van der Waals surface area contributed by atoms with Crippen LogP contribution in [0.1, 0.15) is 12.8 Å². The highest BCUT2D eigenvalue weighted by Gasteiger charge is 2.10. The maximum absolute atomic E-state index is 10.7. The summed E-state index contributed by atoms with van der Waals surface area (Å²) in [6.45, 7) is 1.58. The van der Waals surface area contributed by atoms with Gasteiger partial charge in [0.1, 0.15) is 0 Å². The fourth-order valence-electron chi connectivity index (χ4n) is 1.18. The van der Waals surface area contributed by atoms with E-state index in [4.69, 9.17) is 10.6 Å². The molecule has 3 N–H and O–H groups in total. The summed E-state index contributed by atoms with van der Waals surface area (Å²) in [7, 11) is 0. The Morgan fingerprint density at radius 3 is 2.62 bits per heavy atom. The van der Waals surface area contributed by atoms with Gasteiger partial charge in [-0.2, -0.15) is 0 Å². The molecule has 0 aromatic carbocycles. The summed E-state index contributed by atoms with van der Waals surface area (Å²) >= 11 is 0. The number of hydrazine groups is 1. The molecule has 1 heterocycles. The standard InChI is InChI=1S/C8H14N2O2.ClH/c9-10-8(11)2-1-7-3-5-12-6-4-7;/h1-2,7H,3-6,9H2,(H,10,11);1H/b2-1+;. The Hall–Kier alpha value is -0.580. The molecule has 0 atom stereocenters. The molecular weight excluding hydrogens is 192 g/mol. The van der Waals surface area contributed by atoms with E-state index in [1.807, 2.05) is 11.5 Å². The molecule has 1 saturated heterocycles. The van der Waals surface area contributed by atoms with E-state index < -0.39 is 0 Å². The Balaban J connectivity index is 0.00000144. The van der Waals surface area contributed by atoms with Gasteiger partial charge in [0.15, 0.2) is 0 Å². The minimum atomic E-state index is -0.249. The lowest BCUT2D eigenvalue weighted by Crippen LogP contribution is -2.28. The number of ether oxygens (including phenoxy) is 1. The largest absolute Gasteiger partial charge is 0.381 e. The van der Waals surface area contributed by atoms with Crippen LogP contribution in [-0.4, -0.2) is 19.1 Å². The van der Waals surface area contributed by atoms with Crippen LogP contribution in [0.15, 0.2) is 12.2 Å². The number of amides is 1. The predicted molar refractivity (Wildman–Crippen MR) is 52.3 cm³/mol. The van der Waals surface area contributed by atoms with Crippen LogP contribution in [0.5, 0.6) is 0 Å². The van der Waals surface area contributed by atoms with Crippen LogP contribution < -0.4 is 11.3 Å². The van der Waals surface area contributed by atoms with E-state index >= 15 is 0 Å². The highest BCUT2D eigenvalue weighted by Crippen LogP contribution is 2.15. The molecule has 0 bridgehead atoms. The van der Waals surface area contributed by atoms with Gasteiger partial charge in [-0.25, -0.2) is 5.84 Å². The van der Waals surface area contributed by atoms with E-state index in [9.17, 15) is 4.79 Å². The highest BCUT2D eigenvalue weighted by atomic mass is 35.5. The molecule has 0 saturated carbocycles. The Bertz CT molecular complexity index is 179. The molecule has 1 rings (SSSR count). The number of allylic oxidation sites excluding steroid dienone is 1. The van der Waals surface area contributed by atoms with Crippen molar-refractivity contribution in [2.24, 2.45) is 11.8 Å². The maximum atomic E-state index is 10.7. The van der Waals surface area contributed by atoms with Crippen LogP contribution in [0.4, 0.5) is 0 Å². The molecule has 0 aromatic heterocycles. The first-order valence-electron chi connectivity index (χ1n) is 4.09. The van der Waals surface area contributed by atoms with Crippen molar-refractivity contribution in [3.8, 4) is 0 Å². The van der Waals surface area contributed by atoms with Crippen molar-refractivity contribution in [3.63, 3.8) is 0 Å². The third kappa shape index (κ3) is 4.87. The zero-order chi connectivity index (χ0) is 8.81. The van der Waals surface area contributed by atoms with Crippen molar-refractivity contribution in [1.29, 1.82) is 0 Å². The fraction of sp³-hybridized carbons (Fsp3) is 0.625. The van der Waals surface area contributed by atoms with Gasteiger partial charge in [-0.15, -0.1) is 12.4 Å². The quantitative estimate of drug-likeness (QED) is 0.297. The molecule has 0 spiro atoms. The third-order valence-corrected chi connectivity index (χ3v) is 1.93. The number of hydrogen-bond donors (Lipinski definition) is 2. The summed E-state index contributed by atoms with van der Waals surface area (Å²) in [5, 5.41) is 0. The first-order chi connectivity index (χ1) is 5.83. The van der Waals surface area contributed by atoms with Gasteiger partial charge < -0.3 is 4.74 Å². The SMILES string of the molecule is Cl.NNC(=O)/C=C/C1CCOCC1. The normalized spacial score (nSPS) is 18.2. The second-order valence-electron chi connectivity index (χ2n) is 2.82. The second-order valence-corrected chi connectivity index (χ2v) is 2.82. The zero-order valence-electron chi connectivity index (χ0n) is 7.36. The minimum absolute atomic E-state index is 0. The molecule has 5 heteroatoms. The molecule has 1 aliphatic heterocycles.